The van der Waals surface area contributed by atoms with Crippen molar-refractivity contribution in [1.29, 1.82) is 0 Å². The molecule has 76 valence electrons. The van der Waals surface area contributed by atoms with Gasteiger partial charge in [-0.25, -0.2) is 0 Å². The maximum absolute atomic E-state index is 11.3. The number of likely N-dealkylation sites (N-methyl/N-ethyl adjacent to an activating group) is 1. The Morgan fingerprint density at radius 2 is 1.93 bits per heavy atom. The number of hydrogen-bond donors (Lipinski definition) is 1. The third-order valence-corrected chi connectivity index (χ3v) is 2.48. The van der Waals surface area contributed by atoms with Crippen LogP contribution in [0.4, 0.5) is 0 Å². The lowest BCUT2D eigenvalue weighted by molar-refractivity contribution is -0.120. The molecule has 0 fully saturated rings. The van der Waals surface area contributed by atoms with Crippen molar-refractivity contribution < 1.29 is 4.79 Å². The Morgan fingerprint density at radius 1 is 1.36 bits per heavy atom. The second kappa shape index (κ2) is 5.23. The summed E-state index contributed by atoms with van der Waals surface area (Å²) in [5, 5.41) is 3.75. The Kier molecular flexibility index (Phi) is 4.23. The van der Waals surface area contributed by atoms with Crippen LogP contribution in [0, 0.1) is 0 Å². The first-order valence-electron chi connectivity index (χ1n) is 4.34. The zero-order valence-corrected chi connectivity index (χ0v) is 9.32. The van der Waals surface area contributed by atoms with Crippen LogP contribution in [0.2, 0.25) is 10.0 Å². The van der Waals surface area contributed by atoms with Crippen molar-refractivity contribution in [2.24, 2.45) is 0 Å². The minimum Gasteiger partial charge on any atom is -0.356 e. The Hall–Kier alpha value is -0.730. The maximum atomic E-state index is 11.3. The molecule has 0 bridgehead atoms. The standard InChI is InChI=1S/C10H11Cl2NO/c1-2-13-10(14)6-7-8(11)4-3-5-9(7)12/h3-5H,2,6H2,1H3,(H,13,14). The molecule has 0 saturated carbocycles. The lowest BCUT2D eigenvalue weighted by Gasteiger charge is -2.06. The van der Waals surface area contributed by atoms with E-state index in [1.807, 2.05) is 6.92 Å². The molecule has 1 N–H and O–H groups in total. The van der Waals surface area contributed by atoms with Crippen molar-refractivity contribution in [3.63, 3.8) is 0 Å². The number of nitrogens with one attached hydrogen (secondary N) is 1. The molecule has 1 aromatic carbocycles. The van der Waals surface area contributed by atoms with E-state index in [9.17, 15) is 4.79 Å². The van der Waals surface area contributed by atoms with E-state index in [1.54, 1.807) is 18.2 Å². The molecule has 0 radical (unpaired) electrons. The van der Waals surface area contributed by atoms with E-state index in [1.165, 1.54) is 0 Å². The van der Waals surface area contributed by atoms with Gasteiger partial charge in [0.1, 0.15) is 0 Å². The molecule has 0 atom stereocenters. The zero-order valence-electron chi connectivity index (χ0n) is 7.81. The molecule has 0 aliphatic carbocycles. The van der Waals surface area contributed by atoms with Gasteiger partial charge in [0, 0.05) is 16.6 Å². The molecule has 0 aromatic heterocycles. The van der Waals surface area contributed by atoms with Gasteiger partial charge >= 0.3 is 0 Å². The first kappa shape index (κ1) is 11.3. The van der Waals surface area contributed by atoms with Crippen molar-refractivity contribution in [3.05, 3.63) is 33.8 Å². The fraction of sp³-hybridized carbons (Fsp3) is 0.300. The summed E-state index contributed by atoms with van der Waals surface area (Å²) in [5.74, 6) is -0.0671. The lowest BCUT2D eigenvalue weighted by Crippen LogP contribution is -2.24. The summed E-state index contributed by atoms with van der Waals surface area (Å²) in [4.78, 5) is 11.3. The summed E-state index contributed by atoms with van der Waals surface area (Å²) in [7, 11) is 0. The van der Waals surface area contributed by atoms with Gasteiger partial charge in [0.2, 0.25) is 5.91 Å². The van der Waals surface area contributed by atoms with Gasteiger partial charge < -0.3 is 5.32 Å². The molecule has 2 nitrogen and oxygen atoms in total. The maximum Gasteiger partial charge on any atom is 0.224 e. The quantitative estimate of drug-likeness (QED) is 0.852. The minimum absolute atomic E-state index is 0.0671. The van der Waals surface area contributed by atoms with Crippen LogP contribution in [0.1, 0.15) is 12.5 Å². The summed E-state index contributed by atoms with van der Waals surface area (Å²) in [6.07, 6.45) is 0.229. The Labute approximate surface area is 93.2 Å². The highest BCUT2D eigenvalue weighted by atomic mass is 35.5. The van der Waals surface area contributed by atoms with Gasteiger partial charge in [-0.05, 0) is 24.6 Å². The molecule has 1 rings (SSSR count). The van der Waals surface area contributed by atoms with E-state index in [0.29, 0.717) is 22.2 Å². The van der Waals surface area contributed by atoms with Gasteiger partial charge in [-0.15, -0.1) is 0 Å². The summed E-state index contributed by atoms with van der Waals surface area (Å²) in [6.45, 7) is 2.48. The van der Waals surface area contributed by atoms with Crippen molar-refractivity contribution in [2.45, 2.75) is 13.3 Å². The summed E-state index contributed by atoms with van der Waals surface area (Å²) in [5.41, 5.74) is 0.682. The highest BCUT2D eigenvalue weighted by Crippen LogP contribution is 2.24. The molecular weight excluding hydrogens is 221 g/mol. The average Bonchev–Trinajstić information content (AvgIpc) is 2.12. The topological polar surface area (TPSA) is 29.1 Å². The zero-order chi connectivity index (χ0) is 10.6. The molecule has 1 aromatic rings. The normalized spacial score (nSPS) is 9.93. The van der Waals surface area contributed by atoms with Crippen LogP contribution in [0.3, 0.4) is 0 Å². The first-order chi connectivity index (χ1) is 6.65. The molecule has 0 aliphatic rings. The molecular formula is C10H11Cl2NO. The van der Waals surface area contributed by atoms with E-state index in [0.717, 1.165) is 0 Å². The van der Waals surface area contributed by atoms with Crippen LogP contribution in [0.25, 0.3) is 0 Å². The molecule has 1 amide bonds. The van der Waals surface area contributed by atoms with E-state index >= 15 is 0 Å². The summed E-state index contributed by atoms with van der Waals surface area (Å²) < 4.78 is 0. The molecule has 0 heterocycles. The highest BCUT2D eigenvalue weighted by Gasteiger charge is 2.09. The largest absolute Gasteiger partial charge is 0.356 e. The van der Waals surface area contributed by atoms with Gasteiger partial charge in [-0.1, -0.05) is 29.3 Å². The number of carbonyl (C=O) groups excluding carboxylic acids is 1. The van der Waals surface area contributed by atoms with E-state index in [-0.39, 0.29) is 12.3 Å². The molecule has 0 spiro atoms. The number of benzene rings is 1. The van der Waals surface area contributed by atoms with E-state index in [2.05, 4.69) is 5.32 Å². The Morgan fingerprint density at radius 3 is 2.43 bits per heavy atom. The SMILES string of the molecule is CCNC(=O)Cc1c(Cl)cccc1Cl. The molecule has 0 aliphatic heterocycles. The van der Waals surface area contributed by atoms with Crippen molar-refractivity contribution >= 4 is 29.1 Å². The monoisotopic (exact) mass is 231 g/mol. The smallest absolute Gasteiger partial charge is 0.224 e. The summed E-state index contributed by atoms with van der Waals surface area (Å²) >= 11 is 11.8. The lowest BCUT2D eigenvalue weighted by atomic mass is 10.1. The van der Waals surface area contributed by atoms with Crippen LogP contribution in [0.5, 0.6) is 0 Å². The van der Waals surface area contributed by atoms with Crippen LogP contribution < -0.4 is 5.32 Å². The first-order valence-corrected chi connectivity index (χ1v) is 5.10. The molecule has 14 heavy (non-hydrogen) atoms. The fourth-order valence-electron chi connectivity index (χ4n) is 1.12. The van der Waals surface area contributed by atoms with Crippen molar-refractivity contribution in [1.82, 2.24) is 5.32 Å². The Balaban J connectivity index is 2.80. The van der Waals surface area contributed by atoms with Crippen LogP contribution in [-0.2, 0) is 11.2 Å². The second-order valence-electron chi connectivity index (χ2n) is 2.83. The minimum atomic E-state index is -0.0671. The molecule has 4 heteroatoms. The number of halogens is 2. The van der Waals surface area contributed by atoms with Crippen molar-refractivity contribution in [3.8, 4) is 0 Å². The van der Waals surface area contributed by atoms with Crippen LogP contribution >= 0.6 is 23.2 Å². The van der Waals surface area contributed by atoms with E-state index < -0.39 is 0 Å². The van der Waals surface area contributed by atoms with Gasteiger partial charge in [-0.3, -0.25) is 4.79 Å². The average molecular weight is 232 g/mol. The predicted octanol–water partition coefficient (Wildman–Crippen LogP) is 2.67. The highest BCUT2D eigenvalue weighted by molar-refractivity contribution is 6.36. The van der Waals surface area contributed by atoms with Gasteiger partial charge in [0.15, 0.2) is 0 Å². The molecule has 0 unspecified atom stereocenters. The number of rotatable bonds is 3. The van der Waals surface area contributed by atoms with Crippen LogP contribution in [0.15, 0.2) is 18.2 Å². The fourth-order valence-corrected chi connectivity index (χ4v) is 1.65. The van der Waals surface area contributed by atoms with E-state index in [4.69, 9.17) is 23.2 Å². The van der Waals surface area contributed by atoms with Gasteiger partial charge in [-0.2, -0.15) is 0 Å². The number of carbonyl (C=O) groups is 1. The van der Waals surface area contributed by atoms with Crippen LogP contribution in [-0.4, -0.2) is 12.5 Å². The van der Waals surface area contributed by atoms with Gasteiger partial charge in [0.05, 0.1) is 6.42 Å². The number of amides is 1. The predicted molar refractivity (Wildman–Crippen MR) is 58.8 cm³/mol. The second-order valence-corrected chi connectivity index (χ2v) is 3.64. The Bertz CT molecular complexity index is 319. The van der Waals surface area contributed by atoms with Crippen molar-refractivity contribution in [2.75, 3.05) is 6.54 Å². The van der Waals surface area contributed by atoms with Gasteiger partial charge in [0.25, 0.3) is 0 Å². The number of hydrogen-bond acceptors (Lipinski definition) is 1. The molecule has 0 saturated heterocycles. The summed E-state index contributed by atoms with van der Waals surface area (Å²) in [6, 6.07) is 5.20. The third-order valence-electron chi connectivity index (χ3n) is 1.77. The third kappa shape index (κ3) is 2.89.